The lowest BCUT2D eigenvalue weighted by molar-refractivity contribution is 0.0953. The SMILES string of the molecule is CC(NC(=O)NCCNC(=O)c1cccc(Br)c1)c1ccc(Cl)s1. The molecule has 1 aromatic carbocycles. The fourth-order valence-electron chi connectivity index (χ4n) is 1.96. The summed E-state index contributed by atoms with van der Waals surface area (Å²) in [5.41, 5.74) is 0.567. The van der Waals surface area contributed by atoms with Crippen molar-refractivity contribution in [3.8, 4) is 0 Å². The van der Waals surface area contributed by atoms with E-state index in [0.717, 1.165) is 9.35 Å². The Bertz CT molecular complexity index is 723. The number of benzene rings is 1. The second-order valence-corrected chi connectivity index (χ2v) is 7.69. The van der Waals surface area contributed by atoms with Crippen LogP contribution in [0.4, 0.5) is 4.79 Å². The monoisotopic (exact) mass is 429 g/mol. The molecule has 128 valence electrons. The minimum atomic E-state index is -0.288. The molecule has 8 heteroatoms. The van der Waals surface area contributed by atoms with Crippen LogP contribution in [0, 0.1) is 0 Å². The number of urea groups is 1. The molecule has 0 saturated carbocycles. The number of carbonyl (C=O) groups excluding carboxylic acids is 2. The van der Waals surface area contributed by atoms with E-state index in [2.05, 4.69) is 31.9 Å². The van der Waals surface area contributed by atoms with Crippen LogP contribution in [0.5, 0.6) is 0 Å². The molecule has 2 rings (SSSR count). The van der Waals surface area contributed by atoms with Crippen molar-refractivity contribution in [1.82, 2.24) is 16.0 Å². The van der Waals surface area contributed by atoms with E-state index in [1.165, 1.54) is 11.3 Å². The molecule has 3 N–H and O–H groups in total. The number of carbonyl (C=O) groups is 2. The summed E-state index contributed by atoms with van der Waals surface area (Å²) >= 11 is 10.6. The van der Waals surface area contributed by atoms with Crippen molar-refractivity contribution in [2.45, 2.75) is 13.0 Å². The van der Waals surface area contributed by atoms with Crippen LogP contribution in [0.3, 0.4) is 0 Å². The van der Waals surface area contributed by atoms with E-state index < -0.39 is 0 Å². The molecule has 1 unspecified atom stereocenters. The van der Waals surface area contributed by atoms with Crippen molar-refractivity contribution in [2.24, 2.45) is 0 Å². The first-order chi connectivity index (χ1) is 11.5. The van der Waals surface area contributed by atoms with Crippen LogP contribution in [0.1, 0.15) is 28.2 Å². The molecule has 0 bridgehead atoms. The number of thiophene rings is 1. The van der Waals surface area contributed by atoms with E-state index >= 15 is 0 Å². The molecule has 0 aliphatic heterocycles. The number of nitrogens with one attached hydrogen (secondary N) is 3. The average molecular weight is 431 g/mol. The predicted octanol–water partition coefficient (Wildman–Crippen LogP) is 3.95. The van der Waals surface area contributed by atoms with Crippen molar-refractivity contribution in [1.29, 1.82) is 0 Å². The largest absolute Gasteiger partial charge is 0.350 e. The summed E-state index contributed by atoms with van der Waals surface area (Å²) in [5.74, 6) is -0.180. The Morgan fingerprint density at radius 2 is 1.96 bits per heavy atom. The first kappa shape index (κ1) is 18.8. The molecule has 3 amide bonds. The lowest BCUT2D eigenvalue weighted by Gasteiger charge is -2.13. The zero-order chi connectivity index (χ0) is 17.5. The first-order valence-electron chi connectivity index (χ1n) is 7.29. The van der Waals surface area contributed by atoms with Gasteiger partial charge in [-0.05, 0) is 37.3 Å². The molecule has 0 spiro atoms. The molecule has 24 heavy (non-hydrogen) atoms. The fraction of sp³-hybridized carbons (Fsp3) is 0.250. The summed E-state index contributed by atoms with van der Waals surface area (Å²) in [4.78, 5) is 24.7. The summed E-state index contributed by atoms with van der Waals surface area (Å²) < 4.78 is 1.53. The van der Waals surface area contributed by atoms with Crippen molar-refractivity contribution in [2.75, 3.05) is 13.1 Å². The molecule has 2 aromatic rings. The van der Waals surface area contributed by atoms with Crippen molar-refractivity contribution in [3.05, 3.63) is 55.6 Å². The van der Waals surface area contributed by atoms with Crippen LogP contribution in [-0.2, 0) is 0 Å². The van der Waals surface area contributed by atoms with E-state index in [9.17, 15) is 9.59 Å². The minimum Gasteiger partial charge on any atom is -0.350 e. The van der Waals surface area contributed by atoms with Gasteiger partial charge < -0.3 is 16.0 Å². The number of halogens is 2. The molecule has 5 nitrogen and oxygen atoms in total. The van der Waals surface area contributed by atoms with Gasteiger partial charge >= 0.3 is 6.03 Å². The van der Waals surface area contributed by atoms with E-state index in [1.54, 1.807) is 24.3 Å². The van der Waals surface area contributed by atoms with Gasteiger partial charge in [0.25, 0.3) is 5.91 Å². The molecular formula is C16H17BrClN3O2S. The van der Waals surface area contributed by atoms with Crippen molar-refractivity contribution >= 4 is 50.8 Å². The van der Waals surface area contributed by atoms with Gasteiger partial charge in [0.1, 0.15) is 0 Å². The van der Waals surface area contributed by atoms with Crippen molar-refractivity contribution < 1.29 is 9.59 Å². The Kier molecular flexibility index (Phi) is 7.08. The maximum absolute atomic E-state index is 11.9. The summed E-state index contributed by atoms with van der Waals surface area (Å²) in [5, 5.41) is 8.28. The van der Waals surface area contributed by atoms with Gasteiger partial charge in [0.15, 0.2) is 0 Å². The highest BCUT2D eigenvalue weighted by Gasteiger charge is 2.11. The summed E-state index contributed by atoms with van der Waals surface area (Å²) in [7, 11) is 0. The molecule has 1 aromatic heterocycles. The highest BCUT2D eigenvalue weighted by molar-refractivity contribution is 9.10. The molecule has 0 fully saturated rings. The second-order valence-electron chi connectivity index (χ2n) is 5.03. The van der Waals surface area contributed by atoms with E-state index in [1.807, 2.05) is 19.1 Å². The van der Waals surface area contributed by atoms with Crippen LogP contribution in [0.25, 0.3) is 0 Å². The Morgan fingerprint density at radius 3 is 2.62 bits per heavy atom. The first-order valence-corrected chi connectivity index (χ1v) is 9.28. The van der Waals surface area contributed by atoms with Crippen LogP contribution in [-0.4, -0.2) is 25.0 Å². The summed E-state index contributed by atoms with van der Waals surface area (Å²) in [6.07, 6.45) is 0. The quantitative estimate of drug-likeness (QED) is 0.607. The van der Waals surface area contributed by atoms with Gasteiger partial charge in [-0.15, -0.1) is 11.3 Å². The summed E-state index contributed by atoms with van der Waals surface area (Å²) in [6.45, 7) is 2.57. The Morgan fingerprint density at radius 1 is 1.21 bits per heavy atom. The molecule has 0 aliphatic carbocycles. The Labute approximate surface area is 157 Å². The van der Waals surface area contributed by atoms with Crippen LogP contribution < -0.4 is 16.0 Å². The van der Waals surface area contributed by atoms with Crippen LogP contribution >= 0.6 is 38.9 Å². The molecular weight excluding hydrogens is 414 g/mol. The zero-order valence-corrected chi connectivity index (χ0v) is 16.1. The van der Waals surface area contributed by atoms with E-state index in [-0.39, 0.29) is 18.0 Å². The third-order valence-corrected chi connectivity index (χ3v) is 5.06. The van der Waals surface area contributed by atoms with Gasteiger partial charge in [-0.25, -0.2) is 4.79 Å². The number of hydrogen-bond donors (Lipinski definition) is 3. The predicted molar refractivity (Wildman–Crippen MR) is 101 cm³/mol. The standard InChI is InChI=1S/C16H17BrClN3O2S/c1-10(13-5-6-14(18)24-13)21-16(23)20-8-7-19-15(22)11-3-2-4-12(17)9-11/h2-6,9-10H,7-8H2,1H3,(H,19,22)(H2,20,21,23). The Hall–Kier alpha value is -1.57. The highest BCUT2D eigenvalue weighted by atomic mass is 79.9. The van der Waals surface area contributed by atoms with Crippen LogP contribution in [0.15, 0.2) is 40.9 Å². The third kappa shape index (κ3) is 5.81. The highest BCUT2D eigenvalue weighted by Crippen LogP contribution is 2.26. The zero-order valence-electron chi connectivity index (χ0n) is 12.9. The number of amides is 3. The lowest BCUT2D eigenvalue weighted by Crippen LogP contribution is -2.41. The van der Waals surface area contributed by atoms with Gasteiger partial charge in [-0.2, -0.15) is 0 Å². The second kappa shape index (κ2) is 9.05. The Balaban J connectivity index is 1.68. The van der Waals surface area contributed by atoms with Gasteiger partial charge in [0.05, 0.1) is 10.4 Å². The molecule has 1 atom stereocenters. The maximum atomic E-state index is 11.9. The third-order valence-electron chi connectivity index (χ3n) is 3.15. The number of rotatable bonds is 6. The fourth-order valence-corrected chi connectivity index (χ4v) is 3.43. The van der Waals surface area contributed by atoms with E-state index in [0.29, 0.717) is 23.0 Å². The smallest absolute Gasteiger partial charge is 0.315 e. The van der Waals surface area contributed by atoms with Crippen LogP contribution in [0.2, 0.25) is 4.34 Å². The normalized spacial score (nSPS) is 11.6. The molecule has 0 saturated heterocycles. The lowest BCUT2D eigenvalue weighted by atomic mass is 10.2. The van der Waals surface area contributed by atoms with Gasteiger partial charge in [-0.3, -0.25) is 4.79 Å². The van der Waals surface area contributed by atoms with Gasteiger partial charge in [0.2, 0.25) is 0 Å². The minimum absolute atomic E-state index is 0.126. The van der Waals surface area contributed by atoms with Crippen molar-refractivity contribution in [3.63, 3.8) is 0 Å². The molecule has 0 aliphatic rings. The number of hydrogen-bond acceptors (Lipinski definition) is 3. The molecule has 0 radical (unpaired) electrons. The topological polar surface area (TPSA) is 70.2 Å². The van der Waals surface area contributed by atoms with Gasteiger partial charge in [-0.1, -0.05) is 33.6 Å². The van der Waals surface area contributed by atoms with E-state index in [4.69, 9.17) is 11.6 Å². The maximum Gasteiger partial charge on any atom is 0.315 e. The summed E-state index contributed by atoms with van der Waals surface area (Å²) in [6, 6.07) is 10.4. The van der Waals surface area contributed by atoms with Gasteiger partial charge in [0, 0.05) is 28.0 Å². The average Bonchev–Trinajstić information content (AvgIpc) is 2.98. The molecule has 1 heterocycles.